The Morgan fingerprint density at radius 3 is 1.79 bits per heavy atom. The van der Waals surface area contributed by atoms with Crippen LogP contribution < -0.4 is 10.1 Å². The summed E-state index contributed by atoms with van der Waals surface area (Å²) in [5, 5.41) is 11.7. The Balaban J connectivity index is 2.01. The normalized spacial score (nSPS) is 15.6. The van der Waals surface area contributed by atoms with Gasteiger partial charge in [0.05, 0.1) is 6.04 Å². The maximum Gasteiger partial charge on any atom is 0.460 e. The number of alkyl halides is 13. The summed E-state index contributed by atoms with van der Waals surface area (Å²) in [6, 6.07) is 8.94. The quantitative estimate of drug-likeness (QED) is 0.137. The van der Waals surface area contributed by atoms with Crippen LogP contribution >= 0.6 is 11.8 Å². The molecule has 0 radical (unpaired) electrons. The van der Waals surface area contributed by atoms with Gasteiger partial charge in [-0.1, -0.05) is 36.4 Å². The molecule has 2 unspecified atom stereocenters. The van der Waals surface area contributed by atoms with E-state index in [2.05, 4.69) is 0 Å². The van der Waals surface area contributed by atoms with E-state index in [1.165, 1.54) is 12.1 Å². The van der Waals surface area contributed by atoms with Gasteiger partial charge in [0, 0.05) is 10.5 Å². The molecule has 3 aromatic carbocycles. The second-order valence-electron chi connectivity index (χ2n) is 9.11. The molecular weight excluding hydrogens is 637 g/mol. The summed E-state index contributed by atoms with van der Waals surface area (Å²) in [6.45, 7) is 0.250. The fraction of sp³-hybridized carbons (Fsp3) is 0.308. The van der Waals surface area contributed by atoms with Gasteiger partial charge in [-0.3, -0.25) is 5.32 Å². The molecule has 0 fully saturated rings. The van der Waals surface area contributed by atoms with Gasteiger partial charge in [-0.05, 0) is 66.2 Å². The van der Waals surface area contributed by atoms with Gasteiger partial charge in [0.2, 0.25) is 5.72 Å². The van der Waals surface area contributed by atoms with Crippen LogP contribution in [0.3, 0.4) is 0 Å². The van der Waals surface area contributed by atoms with E-state index >= 15 is 0 Å². The number of ether oxygens (including phenoxy) is 1. The molecule has 0 aliphatic heterocycles. The minimum absolute atomic E-state index is 0.0654. The molecule has 0 saturated carbocycles. The van der Waals surface area contributed by atoms with Gasteiger partial charge in [0.15, 0.2) is 0 Å². The second-order valence-corrected chi connectivity index (χ2v) is 10.3. The van der Waals surface area contributed by atoms with Crippen molar-refractivity contribution in [1.82, 2.24) is 5.32 Å². The first-order chi connectivity index (χ1) is 19.4. The third-order valence-corrected chi connectivity index (χ3v) is 6.52. The van der Waals surface area contributed by atoms with Crippen molar-refractivity contribution < 1.29 is 66.9 Å². The van der Waals surface area contributed by atoms with Gasteiger partial charge in [-0.15, -0.1) is 0 Å². The molecule has 17 heteroatoms. The number of halogens is 13. The monoisotopic (exact) mass is 655 g/mol. The highest BCUT2D eigenvalue weighted by atomic mass is 32.2. The first-order valence-corrected chi connectivity index (χ1v) is 12.4. The number of nitrogens with one attached hydrogen (secondary N) is 1. The van der Waals surface area contributed by atoms with E-state index in [9.17, 15) is 62.2 Å². The number of thioether (sulfide) groups is 1. The molecule has 3 rings (SSSR count). The summed E-state index contributed by atoms with van der Waals surface area (Å²) in [6.07, 6.45) is -12.1. The SMILES string of the molecule is CC(O)(NC(c1ccc(Oc2cccc(SC(F)(F)F)c2)cc1)c1cccc(C(F)(F)C(F)(F)C(F)(F)F)c1)C(F)(F)F. The fourth-order valence-electron chi connectivity index (χ4n) is 3.59. The number of hydrogen-bond acceptors (Lipinski definition) is 4. The smallest absolute Gasteiger partial charge is 0.457 e. The van der Waals surface area contributed by atoms with Crippen molar-refractivity contribution >= 4 is 11.8 Å². The van der Waals surface area contributed by atoms with Gasteiger partial charge in [-0.25, -0.2) is 0 Å². The van der Waals surface area contributed by atoms with Crippen molar-refractivity contribution in [3.63, 3.8) is 0 Å². The zero-order chi connectivity index (χ0) is 32.6. The molecule has 0 heterocycles. The average molecular weight is 655 g/mol. The fourth-order valence-corrected chi connectivity index (χ4v) is 4.18. The van der Waals surface area contributed by atoms with E-state index in [0.29, 0.717) is 6.07 Å². The Hall–Kier alpha value is -3.18. The predicted molar refractivity (Wildman–Crippen MR) is 128 cm³/mol. The standard InChI is InChI=1S/C26H18F13NO2S/c1-21(41,24(31,32)33)40-20(15-4-2-5-16(12-15)22(27,28)23(29,30)25(34,35)36)14-8-10-17(11-9-14)42-18-6-3-7-19(13-18)43-26(37,38)39/h2-13,20,40-41H,1H3. The number of aliphatic hydroxyl groups is 1. The van der Waals surface area contributed by atoms with Crippen LogP contribution in [0.15, 0.2) is 77.7 Å². The molecule has 0 aromatic heterocycles. The Labute approximate surface area is 238 Å². The molecule has 0 spiro atoms. The Morgan fingerprint density at radius 1 is 0.674 bits per heavy atom. The Kier molecular flexibility index (Phi) is 9.36. The zero-order valence-corrected chi connectivity index (χ0v) is 22.0. The molecule has 43 heavy (non-hydrogen) atoms. The van der Waals surface area contributed by atoms with E-state index in [-0.39, 0.29) is 41.0 Å². The van der Waals surface area contributed by atoms with Crippen molar-refractivity contribution in [3.05, 3.63) is 89.5 Å². The lowest BCUT2D eigenvalue weighted by Crippen LogP contribution is -2.55. The molecule has 0 amide bonds. The number of hydrogen-bond donors (Lipinski definition) is 2. The maximum absolute atomic E-state index is 14.4. The van der Waals surface area contributed by atoms with Crippen LogP contribution in [0.25, 0.3) is 0 Å². The van der Waals surface area contributed by atoms with Crippen molar-refractivity contribution in [3.8, 4) is 11.5 Å². The third-order valence-electron chi connectivity index (χ3n) is 5.80. The lowest BCUT2D eigenvalue weighted by atomic mass is 9.93. The van der Waals surface area contributed by atoms with Crippen LogP contribution in [0.2, 0.25) is 0 Å². The Bertz CT molecular complexity index is 1400. The summed E-state index contributed by atoms with van der Waals surface area (Å²) in [7, 11) is 0. The van der Waals surface area contributed by atoms with Crippen molar-refractivity contribution in [2.75, 3.05) is 0 Å². The molecule has 0 aliphatic carbocycles. The van der Waals surface area contributed by atoms with Gasteiger partial charge in [0.25, 0.3) is 0 Å². The van der Waals surface area contributed by atoms with E-state index in [0.717, 1.165) is 42.5 Å². The molecule has 236 valence electrons. The van der Waals surface area contributed by atoms with Crippen LogP contribution in [0.5, 0.6) is 11.5 Å². The van der Waals surface area contributed by atoms with Crippen LogP contribution in [0.1, 0.15) is 29.7 Å². The highest BCUT2D eigenvalue weighted by molar-refractivity contribution is 8.00. The maximum atomic E-state index is 14.4. The van der Waals surface area contributed by atoms with Crippen LogP contribution in [-0.2, 0) is 5.92 Å². The minimum atomic E-state index is -6.68. The van der Waals surface area contributed by atoms with Crippen LogP contribution in [0.4, 0.5) is 57.1 Å². The molecule has 0 aliphatic rings. The van der Waals surface area contributed by atoms with E-state index in [4.69, 9.17) is 4.74 Å². The largest absolute Gasteiger partial charge is 0.460 e. The van der Waals surface area contributed by atoms with Gasteiger partial charge in [-0.2, -0.15) is 57.1 Å². The highest BCUT2D eigenvalue weighted by Gasteiger charge is 2.73. The molecule has 2 atom stereocenters. The van der Waals surface area contributed by atoms with Crippen LogP contribution in [-0.4, -0.2) is 34.6 Å². The lowest BCUT2D eigenvalue weighted by molar-refractivity contribution is -0.359. The van der Waals surface area contributed by atoms with Crippen molar-refractivity contribution in [2.45, 2.75) is 53.3 Å². The summed E-state index contributed by atoms with van der Waals surface area (Å²) in [5.74, 6) is -12.5. The molecule has 0 bridgehead atoms. The highest BCUT2D eigenvalue weighted by Crippen LogP contribution is 2.52. The van der Waals surface area contributed by atoms with E-state index in [1.54, 1.807) is 5.32 Å². The molecule has 3 nitrogen and oxygen atoms in total. The summed E-state index contributed by atoms with van der Waals surface area (Å²) in [4.78, 5) is -0.229. The lowest BCUT2D eigenvalue weighted by Gasteiger charge is -2.33. The van der Waals surface area contributed by atoms with E-state index < -0.39 is 64.4 Å². The summed E-state index contributed by atoms with van der Waals surface area (Å²) >= 11 is -0.424. The summed E-state index contributed by atoms with van der Waals surface area (Å²) < 4.78 is 178. The first-order valence-electron chi connectivity index (χ1n) is 11.6. The molecular formula is C26H18F13NO2S. The summed E-state index contributed by atoms with van der Waals surface area (Å²) in [5.41, 5.74) is -11.1. The molecule has 3 aromatic rings. The van der Waals surface area contributed by atoms with Gasteiger partial charge < -0.3 is 9.84 Å². The number of benzene rings is 3. The number of rotatable bonds is 9. The first kappa shape index (κ1) is 34.3. The zero-order valence-electron chi connectivity index (χ0n) is 21.2. The molecule has 2 N–H and O–H groups in total. The van der Waals surface area contributed by atoms with Gasteiger partial charge in [0.1, 0.15) is 11.5 Å². The van der Waals surface area contributed by atoms with Gasteiger partial charge >= 0.3 is 29.7 Å². The topological polar surface area (TPSA) is 41.5 Å². The minimum Gasteiger partial charge on any atom is -0.457 e. The Morgan fingerprint density at radius 2 is 1.26 bits per heavy atom. The third kappa shape index (κ3) is 7.86. The molecule has 0 saturated heterocycles. The van der Waals surface area contributed by atoms with Crippen LogP contribution in [0, 0.1) is 0 Å². The van der Waals surface area contributed by atoms with E-state index in [1.807, 2.05) is 0 Å². The van der Waals surface area contributed by atoms with Crippen molar-refractivity contribution in [2.24, 2.45) is 0 Å². The average Bonchev–Trinajstić information content (AvgIpc) is 2.86. The second kappa shape index (κ2) is 11.7. The predicted octanol–water partition coefficient (Wildman–Crippen LogP) is 9.33. The van der Waals surface area contributed by atoms with Crippen molar-refractivity contribution in [1.29, 1.82) is 0 Å².